The number of thiocarbonyl (C=S) groups is 1. The molecule has 8 atom stereocenters. The van der Waals surface area contributed by atoms with Crippen LogP contribution < -0.4 is 11.2 Å². The summed E-state index contributed by atoms with van der Waals surface area (Å²) in [7, 11) is 0. The van der Waals surface area contributed by atoms with E-state index < -0.39 is 0 Å². The Morgan fingerprint density at radius 1 is 1.12 bits per heavy atom. The van der Waals surface area contributed by atoms with E-state index in [0.29, 0.717) is 5.11 Å². The molecule has 0 heterocycles. The number of hydrazone groups is 1. The van der Waals surface area contributed by atoms with E-state index >= 15 is 0 Å². The molecule has 5 rings (SSSR count). The first-order valence-electron chi connectivity index (χ1n) is 6.40. The number of hydrogen-bond acceptors (Lipinski definition) is 2. The maximum absolute atomic E-state index is 5.47. The molecule has 2 bridgehead atoms. The first kappa shape index (κ1) is 8.45. The first-order valence-corrected chi connectivity index (χ1v) is 6.81. The Kier molecular flexibility index (Phi) is 1.22. The zero-order valence-corrected chi connectivity index (χ0v) is 9.78. The lowest BCUT2D eigenvalue weighted by molar-refractivity contribution is 0.0503. The van der Waals surface area contributed by atoms with E-state index in [-0.39, 0.29) is 0 Å². The maximum Gasteiger partial charge on any atom is 0.184 e. The largest absolute Gasteiger partial charge is 0.375 e. The van der Waals surface area contributed by atoms with Crippen LogP contribution in [0.3, 0.4) is 0 Å². The van der Waals surface area contributed by atoms with Crippen LogP contribution in [0.15, 0.2) is 5.10 Å². The molecule has 0 amide bonds. The Hall–Kier alpha value is -0.640. The van der Waals surface area contributed by atoms with Gasteiger partial charge in [0.1, 0.15) is 0 Å². The van der Waals surface area contributed by atoms with E-state index in [2.05, 4.69) is 10.5 Å². The summed E-state index contributed by atoms with van der Waals surface area (Å²) in [6.45, 7) is 0. The number of hydrogen-bond donors (Lipinski definition) is 2. The molecule has 5 aliphatic carbocycles. The van der Waals surface area contributed by atoms with Crippen molar-refractivity contribution in [1.82, 2.24) is 5.43 Å². The van der Waals surface area contributed by atoms with Crippen molar-refractivity contribution < 1.29 is 0 Å². The third-order valence-electron chi connectivity index (χ3n) is 6.34. The Bertz CT molecular complexity index is 440. The van der Waals surface area contributed by atoms with E-state index in [4.69, 9.17) is 18.0 Å². The van der Waals surface area contributed by atoms with E-state index in [0.717, 1.165) is 47.3 Å². The minimum atomic E-state index is 0.311. The van der Waals surface area contributed by atoms with Gasteiger partial charge in [-0.3, -0.25) is 5.43 Å². The SMILES string of the molecule is NC(=S)N/N=C1/C2C3CC4C1C1C2CC3C41. The fraction of sp³-hybridized carbons (Fsp3) is 0.833. The van der Waals surface area contributed by atoms with Gasteiger partial charge in [0.25, 0.3) is 0 Å². The van der Waals surface area contributed by atoms with Crippen LogP contribution in [-0.4, -0.2) is 10.8 Å². The Labute approximate surface area is 99.8 Å². The monoisotopic (exact) mass is 233 g/mol. The summed E-state index contributed by atoms with van der Waals surface area (Å²) < 4.78 is 0. The molecule has 8 unspecified atom stereocenters. The third-order valence-corrected chi connectivity index (χ3v) is 6.43. The van der Waals surface area contributed by atoms with Crippen LogP contribution in [-0.2, 0) is 0 Å². The van der Waals surface area contributed by atoms with Crippen LogP contribution in [0, 0.1) is 47.3 Å². The van der Waals surface area contributed by atoms with Gasteiger partial charge in [0.15, 0.2) is 5.11 Å². The minimum absolute atomic E-state index is 0.311. The van der Waals surface area contributed by atoms with E-state index in [1.807, 2.05) is 0 Å². The van der Waals surface area contributed by atoms with Crippen molar-refractivity contribution in [2.45, 2.75) is 12.8 Å². The van der Waals surface area contributed by atoms with Gasteiger partial charge in [-0.05, 0) is 60.6 Å². The third kappa shape index (κ3) is 0.643. The van der Waals surface area contributed by atoms with Gasteiger partial charge >= 0.3 is 0 Å². The maximum atomic E-state index is 5.47. The van der Waals surface area contributed by atoms with Gasteiger partial charge in [-0.2, -0.15) is 5.10 Å². The molecule has 0 aromatic rings. The summed E-state index contributed by atoms with van der Waals surface area (Å²) in [6, 6.07) is 0. The predicted molar refractivity (Wildman–Crippen MR) is 64.5 cm³/mol. The van der Waals surface area contributed by atoms with Crippen molar-refractivity contribution >= 4 is 23.0 Å². The zero-order chi connectivity index (χ0) is 10.6. The van der Waals surface area contributed by atoms with Crippen LogP contribution in [0.1, 0.15) is 12.8 Å². The van der Waals surface area contributed by atoms with E-state index in [1.165, 1.54) is 18.6 Å². The zero-order valence-electron chi connectivity index (χ0n) is 8.97. The Balaban J connectivity index is 1.60. The molecule has 0 saturated heterocycles. The number of rotatable bonds is 1. The van der Waals surface area contributed by atoms with Crippen molar-refractivity contribution in [3.63, 3.8) is 0 Å². The molecule has 3 N–H and O–H groups in total. The molecule has 0 aromatic heterocycles. The molecule has 3 nitrogen and oxygen atoms in total. The highest BCUT2D eigenvalue weighted by Crippen LogP contribution is 2.81. The summed E-state index contributed by atoms with van der Waals surface area (Å²) >= 11 is 4.84. The van der Waals surface area contributed by atoms with Gasteiger partial charge in [0.05, 0.1) is 0 Å². The molecule has 5 fully saturated rings. The van der Waals surface area contributed by atoms with Crippen LogP contribution in [0.2, 0.25) is 0 Å². The Morgan fingerprint density at radius 3 is 2.69 bits per heavy atom. The number of nitrogens with two attached hydrogens (primary N) is 1. The molecule has 0 radical (unpaired) electrons. The van der Waals surface area contributed by atoms with E-state index in [1.54, 1.807) is 0 Å². The van der Waals surface area contributed by atoms with Crippen LogP contribution in [0.25, 0.3) is 0 Å². The van der Waals surface area contributed by atoms with Crippen LogP contribution in [0.4, 0.5) is 0 Å². The molecular formula is C12H15N3S. The quantitative estimate of drug-likeness (QED) is 0.524. The smallest absolute Gasteiger partial charge is 0.184 e. The van der Waals surface area contributed by atoms with Gasteiger partial charge in [-0.15, -0.1) is 0 Å². The van der Waals surface area contributed by atoms with Crippen LogP contribution in [0.5, 0.6) is 0 Å². The predicted octanol–water partition coefficient (Wildman–Crippen LogP) is 0.953. The molecule has 4 heteroatoms. The first-order chi connectivity index (χ1) is 7.77. The summed E-state index contributed by atoms with van der Waals surface area (Å²) in [5, 5.41) is 4.85. The molecule has 0 spiro atoms. The molecule has 0 aliphatic heterocycles. The number of fused-ring (bicyclic) bond motifs is 2. The fourth-order valence-corrected chi connectivity index (χ4v) is 6.45. The van der Waals surface area contributed by atoms with E-state index in [9.17, 15) is 0 Å². The Morgan fingerprint density at radius 2 is 1.88 bits per heavy atom. The summed E-state index contributed by atoms with van der Waals surface area (Å²) in [4.78, 5) is 0. The van der Waals surface area contributed by atoms with Crippen molar-refractivity contribution in [2.24, 2.45) is 58.2 Å². The normalized spacial score (nSPS) is 64.4. The van der Waals surface area contributed by atoms with Gasteiger partial charge in [0.2, 0.25) is 0 Å². The average molecular weight is 233 g/mol. The number of nitrogens with one attached hydrogen (secondary N) is 1. The standard InChI is InChI=1S/C12H15N3S/c13-12(16)15-14-11-8-4-2-5-7-3(4)1-6(8)9(7)10(5)11/h3-10H,1-2H2,(H3,13,15,16)/b14-11-. The molecular weight excluding hydrogens is 218 g/mol. The topological polar surface area (TPSA) is 50.4 Å². The van der Waals surface area contributed by atoms with Crippen molar-refractivity contribution in [3.8, 4) is 0 Å². The number of nitrogens with zero attached hydrogens (tertiary/aromatic N) is 1. The minimum Gasteiger partial charge on any atom is -0.375 e. The second-order valence-corrected chi connectivity index (χ2v) is 6.79. The fourth-order valence-electron chi connectivity index (χ4n) is 6.40. The lowest BCUT2D eigenvalue weighted by Gasteiger charge is -2.44. The lowest BCUT2D eigenvalue weighted by Crippen LogP contribution is -2.44. The van der Waals surface area contributed by atoms with Crippen molar-refractivity contribution in [2.75, 3.05) is 0 Å². The summed E-state index contributed by atoms with van der Waals surface area (Å²) in [5.41, 5.74) is 9.75. The molecule has 5 aliphatic rings. The average Bonchev–Trinajstić information content (AvgIpc) is 2.72. The molecule has 16 heavy (non-hydrogen) atoms. The lowest BCUT2D eigenvalue weighted by atomic mass is 9.59. The molecule has 0 aromatic carbocycles. The highest BCUT2D eigenvalue weighted by Gasteiger charge is 2.79. The highest BCUT2D eigenvalue weighted by atomic mass is 32.1. The van der Waals surface area contributed by atoms with Gasteiger partial charge in [-0.25, -0.2) is 0 Å². The van der Waals surface area contributed by atoms with Crippen molar-refractivity contribution in [3.05, 3.63) is 0 Å². The second kappa shape index (κ2) is 2.30. The van der Waals surface area contributed by atoms with Gasteiger partial charge < -0.3 is 5.73 Å². The van der Waals surface area contributed by atoms with Gasteiger partial charge in [-0.1, -0.05) is 0 Å². The van der Waals surface area contributed by atoms with Crippen molar-refractivity contribution in [1.29, 1.82) is 0 Å². The second-order valence-electron chi connectivity index (χ2n) is 6.35. The molecule has 5 saturated carbocycles. The summed E-state index contributed by atoms with van der Waals surface area (Å²) in [6.07, 6.45) is 3.01. The molecule has 84 valence electrons. The summed E-state index contributed by atoms with van der Waals surface area (Å²) in [5.74, 6) is 7.72. The van der Waals surface area contributed by atoms with Gasteiger partial charge in [0, 0.05) is 17.5 Å². The highest BCUT2D eigenvalue weighted by molar-refractivity contribution is 7.80. The van der Waals surface area contributed by atoms with Crippen LogP contribution >= 0.6 is 12.2 Å².